The second-order valence-corrected chi connectivity index (χ2v) is 6.51. The fourth-order valence-electron chi connectivity index (χ4n) is 2.11. The summed E-state index contributed by atoms with van der Waals surface area (Å²) in [6, 6.07) is 7.83. The summed E-state index contributed by atoms with van der Waals surface area (Å²) >= 11 is 1.55. The van der Waals surface area contributed by atoms with Gasteiger partial charge in [-0.15, -0.1) is 35.3 Å². The lowest BCUT2D eigenvalue weighted by Gasteiger charge is -2.23. The van der Waals surface area contributed by atoms with Crippen molar-refractivity contribution in [2.24, 2.45) is 4.99 Å². The van der Waals surface area contributed by atoms with Crippen LogP contribution in [0.15, 0.2) is 40.8 Å². The maximum absolute atomic E-state index is 10.6. The quantitative estimate of drug-likeness (QED) is 0.352. The average Bonchev–Trinajstić information content (AvgIpc) is 3.07. The van der Waals surface area contributed by atoms with Crippen LogP contribution in [0.3, 0.4) is 0 Å². The molecule has 2 rings (SSSR count). The fraction of sp³-hybridized carbons (Fsp3) is 0.412. The fourth-order valence-corrected chi connectivity index (χ4v) is 2.89. The second kappa shape index (κ2) is 9.95. The molecule has 0 saturated carbocycles. The van der Waals surface area contributed by atoms with Crippen molar-refractivity contribution in [3.63, 3.8) is 0 Å². The SMILES string of the molecule is CCNC(=NCc1ncccc1C)NCC(C)(O)c1cccs1.I. The third-order valence-electron chi connectivity index (χ3n) is 3.50. The number of pyridine rings is 1. The Morgan fingerprint density at radius 3 is 2.75 bits per heavy atom. The first kappa shape index (κ1) is 20.9. The zero-order chi connectivity index (χ0) is 16.7. The molecule has 24 heavy (non-hydrogen) atoms. The first-order valence-electron chi connectivity index (χ1n) is 7.72. The largest absolute Gasteiger partial charge is 0.383 e. The first-order valence-corrected chi connectivity index (χ1v) is 8.60. The number of guanidine groups is 1. The van der Waals surface area contributed by atoms with Crippen molar-refractivity contribution < 1.29 is 5.11 Å². The predicted molar refractivity (Wildman–Crippen MR) is 111 cm³/mol. The van der Waals surface area contributed by atoms with Gasteiger partial charge >= 0.3 is 0 Å². The normalized spacial score (nSPS) is 13.8. The molecule has 7 heteroatoms. The van der Waals surface area contributed by atoms with Crippen molar-refractivity contribution in [2.45, 2.75) is 32.9 Å². The molecule has 0 aliphatic carbocycles. The molecule has 0 fully saturated rings. The van der Waals surface area contributed by atoms with E-state index in [4.69, 9.17) is 0 Å². The summed E-state index contributed by atoms with van der Waals surface area (Å²) in [5, 5.41) is 18.9. The first-order chi connectivity index (χ1) is 11.0. The van der Waals surface area contributed by atoms with Crippen molar-refractivity contribution in [2.75, 3.05) is 13.1 Å². The second-order valence-electron chi connectivity index (χ2n) is 5.57. The Hall–Kier alpha value is -1.19. The van der Waals surface area contributed by atoms with Crippen LogP contribution in [0.2, 0.25) is 0 Å². The minimum absolute atomic E-state index is 0. The number of hydrogen-bond donors (Lipinski definition) is 3. The van der Waals surface area contributed by atoms with Gasteiger partial charge in [0, 0.05) is 17.6 Å². The van der Waals surface area contributed by atoms with Crippen LogP contribution in [-0.2, 0) is 12.1 Å². The molecule has 1 unspecified atom stereocenters. The molecule has 0 bridgehead atoms. The molecule has 2 aromatic rings. The van der Waals surface area contributed by atoms with Crippen LogP contribution in [0, 0.1) is 6.92 Å². The van der Waals surface area contributed by atoms with Crippen LogP contribution in [0.5, 0.6) is 0 Å². The molecular weight excluding hydrogens is 435 g/mol. The molecule has 0 spiro atoms. The third kappa shape index (κ3) is 6.03. The standard InChI is InChI=1S/C17H24N4OS.HI/c1-4-18-16(20-11-14-13(2)7-5-9-19-14)21-12-17(3,22)15-8-6-10-23-15;/h5-10,22H,4,11-12H2,1-3H3,(H2,18,20,21);1H. The molecule has 0 amide bonds. The van der Waals surface area contributed by atoms with Crippen LogP contribution >= 0.6 is 35.3 Å². The lowest BCUT2D eigenvalue weighted by molar-refractivity contribution is 0.0655. The van der Waals surface area contributed by atoms with E-state index in [1.54, 1.807) is 24.5 Å². The van der Waals surface area contributed by atoms with E-state index in [0.29, 0.717) is 19.0 Å². The zero-order valence-corrected chi connectivity index (χ0v) is 17.4. The van der Waals surface area contributed by atoms with E-state index < -0.39 is 5.60 Å². The Balaban J connectivity index is 0.00000288. The number of hydrogen-bond acceptors (Lipinski definition) is 4. The minimum Gasteiger partial charge on any atom is -0.383 e. The predicted octanol–water partition coefficient (Wildman–Crippen LogP) is 3.03. The topological polar surface area (TPSA) is 69.5 Å². The molecule has 3 N–H and O–H groups in total. The smallest absolute Gasteiger partial charge is 0.191 e. The van der Waals surface area contributed by atoms with Gasteiger partial charge in [0.05, 0.1) is 18.8 Å². The van der Waals surface area contributed by atoms with E-state index in [0.717, 1.165) is 22.7 Å². The number of aryl methyl sites for hydroxylation is 1. The van der Waals surface area contributed by atoms with Gasteiger partial charge in [-0.1, -0.05) is 12.1 Å². The van der Waals surface area contributed by atoms with Crippen molar-refractivity contribution in [1.29, 1.82) is 0 Å². The molecule has 0 aliphatic heterocycles. The number of aliphatic imine (C=N–C) groups is 1. The maximum atomic E-state index is 10.6. The molecule has 0 aromatic carbocycles. The number of halogens is 1. The van der Waals surface area contributed by atoms with Crippen molar-refractivity contribution >= 4 is 41.3 Å². The minimum atomic E-state index is -0.925. The summed E-state index contributed by atoms with van der Waals surface area (Å²) in [5.41, 5.74) is 1.15. The van der Waals surface area contributed by atoms with E-state index in [1.165, 1.54) is 0 Å². The number of nitrogens with zero attached hydrogens (tertiary/aromatic N) is 2. The number of rotatable bonds is 6. The molecule has 1 atom stereocenters. The molecule has 5 nitrogen and oxygen atoms in total. The zero-order valence-electron chi connectivity index (χ0n) is 14.2. The third-order valence-corrected chi connectivity index (χ3v) is 4.62. The monoisotopic (exact) mass is 460 g/mol. The summed E-state index contributed by atoms with van der Waals surface area (Å²) in [5.74, 6) is 0.675. The van der Waals surface area contributed by atoms with Gasteiger partial charge in [0.1, 0.15) is 5.60 Å². The van der Waals surface area contributed by atoms with Crippen molar-refractivity contribution in [3.8, 4) is 0 Å². The van der Waals surface area contributed by atoms with E-state index >= 15 is 0 Å². The van der Waals surface area contributed by atoms with Crippen LogP contribution in [0.25, 0.3) is 0 Å². The Kier molecular flexibility index (Phi) is 8.65. The van der Waals surface area contributed by atoms with Crippen molar-refractivity contribution in [3.05, 3.63) is 52.0 Å². The van der Waals surface area contributed by atoms with Crippen LogP contribution < -0.4 is 10.6 Å². The van der Waals surface area contributed by atoms with Crippen LogP contribution in [0.1, 0.15) is 30.0 Å². The van der Waals surface area contributed by atoms with E-state index in [2.05, 4.69) is 20.6 Å². The van der Waals surface area contributed by atoms with Crippen LogP contribution in [-0.4, -0.2) is 29.1 Å². The van der Waals surface area contributed by atoms with E-state index in [9.17, 15) is 5.11 Å². The molecular formula is C17H25IN4OS. The Labute approximate surface area is 164 Å². The van der Waals surface area contributed by atoms with Crippen LogP contribution in [0.4, 0.5) is 0 Å². The number of thiophene rings is 1. The van der Waals surface area contributed by atoms with Gasteiger partial charge in [-0.25, -0.2) is 4.99 Å². The molecule has 2 heterocycles. The Morgan fingerprint density at radius 1 is 1.33 bits per heavy atom. The summed E-state index contributed by atoms with van der Waals surface area (Å²) in [6.07, 6.45) is 1.78. The molecule has 2 aromatic heterocycles. The van der Waals surface area contributed by atoms with E-state index in [-0.39, 0.29) is 24.0 Å². The van der Waals surface area contributed by atoms with Gasteiger partial charge in [-0.2, -0.15) is 0 Å². The lowest BCUT2D eigenvalue weighted by Crippen LogP contribution is -2.44. The lowest BCUT2D eigenvalue weighted by atomic mass is 10.1. The summed E-state index contributed by atoms with van der Waals surface area (Å²) in [7, 11) is 0. The highest BCUT2D eigenvalue weighted by molar-refractivity contribution is 14.0. The highest BCUT2D eigenvalue weighted by Gasteiger charge is 2.24. The van der Waals surface area contributed by atoms with Gasteiger partial charge in [0.25, 0.3) is 0 Å². The highest BCUT2D eigenvalue weighted by atomic mass is 127. The summed E-state index contributed by atoms with van der Waals surface area (Å²) in [6.45, 7) is 7.50. The van der Waals surface area contributed by atoms with Gasteiger partial charge in [-0.3, -0.25) is 4.98 Å². The molecule has 132 valence electrons. The maximum Gasteiger partial charge on any atom is 0.191 e. The number of aromatic nitrogens is 1. The Bertz CT molecular complexity index is 644. The summed E-state index contributed by atoms with van der Waals surface area (Å²) in [4.78, 5) is 9.83. The van der Waals surface area contributed by atoms with Crippen molar-refractivity contribution in [1.82, 2.24) is 15.6 Å². The van der Waals surface area contributed by atoms with Gasteiger partial charge in [0.2, 0.25) is 0 Å². The molecule has 0 radical (unpaired) electrons. The highest BCUT2D eigenvalue weighted by Crippen LogP contribution is 2.24. The van der Waals surface area contributed by atoms with Gasteiger partial charge in [-0.05, 0) is 43.8 Å². The van der Waals surface area contributed by atoms with E-state index in [1.807, 2.05) is 43.5 Å². The Morgan fingerprint density at radius 2 is 2.12 bits per heavy atom. The van der Waals surface area contributed by atoms with Gasteiger partial charge in [0.15, 0.2) is 5.96 Å². The molecule has 0 saturated heterocycles. The number of nitrogens with one attached hydrogen (secondary N) is 2. The average molecular weight is 460 g/mol. The summed E-state index contributed by atoms with van der Waals surface area (Å²) < 4.78 is 0. The van der Waals surface area contributed by atoms with Gasteiger partial charge < -0.3 is 15.7 Å². The molecule has 0 aliphatic rings. The number of aliphatic hydroxyl groups is 1.